The van der Waals surface area contributed by atoms with Crippen molar-refractivity contribution in [3.8, 4) is 0 Å². The Morgan fingerprint density at radius 3 is 2.72 bits per heavy atom. The Balaban J connectivity index is 1.95. The first-order chi connectivity index (χ1) is 8.68. The zero-order chi connectivity index (χ0) is 13.0. The number of anilines is 1. The molecular formula is C13H16N4O. The van der Waals surface area contributed by atoms with Crippen LogP contribution in [0.15, 0.2) is 36.5 Å². The van der Waals surface area contributed by atoms with Crippen LogP contribution in [0.5, 0.6) is 0 Å². The molecule has 0 aliphatic heterocycles. The van der Waals surface area contributed by atoms with Gasteiger partial charge in [-0.05, 0) is 12.0 Å². The monoisotopic (exact) mass is 244 g/mol. The number of carbonyl (C=O) groups excluding carboxylic acids is 1. The molecule has 0 saturated carbocycles. The summed E-state index contributed by atoms with van der Waals surface area (Å²) in [6.45, 7) is 0.640. The molecule has 1 heterocycles. The minimum atomic E-state index is -0.138. The number of hydrogen-bond donors (Lipinski definition) is 2. The molecule has 1 aromatic heterocycles. The van der Waals surface area contributed by atoms with Crippen molar-refractivity contribution < 1.29 is 4.79 Å². The Kier molecular flexibility index (Phi) is 3.62. The van der Waals surface area contributed by atoms with Crippen molar-refractivity contribution >= 4 is 11.6 Å². The van der Waals surface area contributed by atoms with Crippen LogP contribution >= 0.6 is 0 Å². The van der Waals surface area contributed by atoms with Crippen molar-refractivity contribution in [1.82, 2.24) is 15.1 Å². The number of amides is 1. The number of nitrogens with zero attached hydrogens (tertiary/aromatic N) is 2. The molecule has 18 heavy (non-hydrogen) atoms. The standard InChI is InChI=1S/C13H16N4O/c1-17(8-7-10-5-3-2-4-6-10)13(18)12-11(14)9-15-16-12/h2-6,9H,7-8,14H2,1H3,(H,15,16). The zero-order valence-electron chi connectivity index (χ0n) is 10.3. The fraction of sp³-hybridized carbons (Fsp3) is 0.231. The molecular weight excluding hydrogens is 228 g/mol. The van der Waals surface area contributed by atoms with Gasteiger partial charge in [-0.25, -0.2) is 0 Å². The van der Waals surface area contributed by atoms with Gasteiger partial charge in [0, 0.05) is 13.6 Å². The van der Waals surface area contributed by atoms with Crippen LogP contribution in [0.3, 0.4) is 0 Å². The van der Waals surface area contributed by atoms with Crippen LogP contribution in [0, 0.1) is 0 Å². The molecule has 0 radical (unpaired) electrons. The lowest BCUT2D eigenvalue weighted by molar-refractivity contribution is 0.0792. The van der Waals surface area contributed by atoms with E-state index in [9.17, 15) is 4.79 Å². The second-order valence-corrected chi connectivity index (χ2v) is 4.16. The van der Waals surface area contributed by atoms with Crippen molar-refractivity contribution in [1.29, 1.82) is 0 Å². The minimum absolute atomic E-state index is 0.138. The molecule has 3 N–H and O–H groups in total. The molecule has 0 fully saturated rings. The fourth-order valence-electron chi connectivity index (χ4n) is 1.70. The highest BCUT2D eigenvalue weighted by molar-refractivity contribution is 5.96. The molecule has 0 atom stereocenters. The first-order valence-corrected chi connectivity index (χ1v) is 5.76. The molecule has 0 aliphatic rings. The third-order valence-corrected chi connectivity index (χ3v) is 2.81. The molecule has 0 unspecified atom stereocenters. The minimum Gasteiger partial charge on any atom is -0.396 e. The SMILES string of the molecule is CN(CCc1ccccc1)C(=O)c1[nH]ncc1N. The summed E-state index contributed by atoms with van der Waals surface area (Å²) in [7, 11) is 1.76. The maximum absolute atomic E-state index is 12.0. The molecule has 2 rings (SSSR count). The second-order valence-electron chi connectivity index (χ2n) is 4.16. The second kappa shape index (κ2) is 5.35. The van der Waals surface area contributed by atoms with E-state index in [1.165, 1.54) is 11.8 Å². The third kappa shape index (κ3) is 2.68. The molecule has 94 valence electrons. The molecule has 0 bridgehead atoms. The van der Waals surface area contributed by atoms with Crippen LogP contribution in [0.2, 0.25) is 0 Å². The first-order valence-electron chi connectivity index (χ1n) is 5.76. The van der Waals surface area contributed by atoms with Crippen molar-refractivity contribution in [2.45, 2.75) is 6.42 Å². The van der Waals surface area contributed by atoms with E-state index in [2.05, 4.69) is 10.2 Å². The summed E-state index contributed by atoms with van der Waals surface area (Å²) in [5, 5.41) is 6.36. The Hall–Kier alpha value is -2.30. The summed E-state index contributed by atoms with van der Waals surface area (Å²) in [5.41, 5.74) is 7.58. The summed E-state index contributed by atoms with van der Waals surface area (Å²) in [6, 6.07) is 10.0. The van der Waals surface area contributed by atoms with E-state index in [0.717, 1.165) is 6.42 Å². The predicted molar refractivity (Wildman–Crippen MR) is 70.1 cm³/mol. The largest absolute Gasteiger partial charge is 0.396 e. The van der Waals surface area contributed by atoms with E-state index in [1.807, 2.05) is 30.3 Å². The Morgan fingerprint density at radius 2 is 2.11 bits per heavy atom. The van der Waals surface area contributed by atoms with Crippen molar-refractivity contribution in [2.24, 2.45) is 0 Å². The van der Waals surface area contributed by atoms with Gasteiger partial charge < -0.3 is 10.6 Å². The third-order valence-electron chi connectivity index (χ3n) is 2.81. The van der Waals surface area contributed by atoms with E-state index in [0.29, 0.717) is 17.9 Å². The molecule has 1 aromatic carbocycles. The lowest BCUT2D eigenvalue weighted by Gasteiger charge is -2.16. The quantitative estimate of drug-likeness (QED) is 0.851. The van der Waals surface area contributed by atoms with E-state index in [-0.39, 0.29) is 5.91 Å². The van der Waals surface area contributed by atoms with Crippen LogP contribution in [0.25, 0.3) is 0 Å². The number of hydrogen-bond acceptors (Lipinski definition) is 3. The number of nitrogen functional groups attached to an aromatic ring is 1. The molecule has 1 amide bonds. The average molecular weight is 244 g/mol. The van der Waals surface area contributed by atoms with Crippen LogP contribution in [-0.4, -0.2) is 34.6 Å². The number of aromatic nitrogens is 2. The van der Waals surface area contributed by atoms with E-state index in [1.54, 1.807) is 11.9 Å². The van der Waals surface area contributed by atoms with E-state index in [4.69, 9.17) is 5.73 Å². The maximum Gasteiger partial charge on any atom is 0.273 e. The summed E-state index contributed by atoms with van der Waals surface area (Å²) >= 11 is 0. The van der Waals surface area contributed by atoms with Crippen molar-refractivity contribution in [2.75, 3.05) is 19.3 Å². The molecule has 5 nitrogen and oxygen atoms in total. The Bertz CT molecular complexity index is 521. The highest BCUT2D eigenvalue weighted by atomic mass is 16.2. The van der Waals surface area contributed by atoms with E-state index < -0.39 is 0 Å². The first kappa shape index (κ1) is 12.2. The van der Waals surface area contributed by atoms with Gasteiger partial charge in [-0.2, -0.15) is 5.10 Å². The number of aromatic amines is 1. The van der Waals surface area contributed by atoms with Crippen LogP contribution in [0.1, 0.15) is 16.1 Å². The summed E-state index contributed by atoms with van der Waals surface area (Å²) in [6.07, 6.45) is 2.26. The molecule has 0 spiro atoms. The normalized spacial score (nSPS) is 10.3. The zero-order valence-corrected chi connectivity index (χ0v) is 10.3. The fourth-order valence-corrected chi connectivity index (χ4v) is 1.70. The van der Waals surface area contributed by atoms with Gasteiger partial charge in [0.25, 0.3) is 5.91 Å². The molecule has 0 saturated heterocycles. The van der Waals surface area contributed by atoms with Crippen molar-refractivity contribution in [3.05, 3.63) is 47.8 Å². The van der Waals surface area contributed by atoms with Gasteiger partial charge in [0.05, 0.1) is 11.9 Å². The number of likely N-dealkylation sites (N-methyl/N-ethyl adjacent to an activating group) is 1. The van der Waals surface area contributed by atoms with Crippen LogP contribution in [-0.2, 0) is 6.42 Å². The number of benzene rings is 1. The number of carbonyl (C=O) groups is 1. The number of nitrogens with one attached hydrogen (secondary N) is 1. The lowest BCUT2D eigenvalue weighted by atomic mass is 10.1. The Labute approximate surface area is 106 Å². The van der Waals surface area contributed by atoms with Gasteiger partial charge in [-0.3, -0.25) is 9.89 Å². The van der Waals surface area contributed by atoms with Gasteiger partial charge in [0.1, 0.15) is 5.69 Å². The topological polar surface area (TPSA) is 75.0 Å². The smallest absolute Gasteiger partial charge is 0.273 e. The maximum atomic E-state index is 12.0. The van der Waals surface area contributed by atoms with Crippen LogP contribution < -0.4 is 5.73 Å². The number of nitrogens with two attached hydrogens (primary N) is 1. The molecule has 2 aromatic rings. The van der Waals surface area contributed by atoms with Gasteiger partial charge >= 0.3 is 0 Å². The summed E-state index contributed by atoms with van der Waals surface area (Å²) in [4.78, 5) is 13.7. The summed E-state index contributed by atoms with van der Waals surface area (Å²) in [5.74, 6) is -0.138. The highest BCUT2D eigenvalue weighted by Gasteiger charge is 2.16. The summed E-state index contributed by atoms with van der Waals surface area (Å²) < 4.78 is 0. The number of rotatable bonds is 4. The Morgan fingerprint density at radius 1 is 1.39 bits per heavy atom. The highest BCUT2D eigenvalue weighted by Crippen LogP contribution is 2.09. The average Bonchev–Trinajstić information content (AvgIpc) is 2.82. The van der Waals surface area contributed by atoms with Gasteiger partial charge in [0.2, 0.25) is 0 Å². The number of H-pyrrole nitrogens is 1. The van der Waals surface area contributed by atoms with Gasteiger partial charge in [0.15, 0.2) is 0 Å². The van der Waals surface area contributed by atoms with Gasteiger partial charge in [-0.15, -0.1) is 0 Å². The van der Waals surface area contributed by atoms with Gasteiger partial charge in [-0.1, -0.05) is 30.3 Å². The van der Waals surface area contributed by atoms with E-state index >= 15 is 0 Å². The molecule has 5 heteroatoms. The van der Waals surface area contributed by atoms with Crippen molar-refractivity contribution in [3.63, 3.8) is 0 Å². The predicted octanol–water partition coefficient (Wildman–Crippen LogP) is 1.31. The molecule has 0 aliphatic carbocycles. The van der Waals surface area contributed by atoms with Crippen LogP contribution in [0.4, 0.5) is 5.69 Å². The lowest BCUT2D eigenvalue weighted by Crippen LogP contribution is -2.29.